The second-order valence-electron chi connectivity index (χ2n) is 4.43. The second kappa shape index (κ2) is 6.99. The van der Waals surface area contributed by atoms with Gasteiger partial charge in [0.1, 0.15) is 6.07 Å². The maximum Gasteiger partial charge on any atom is 0.319 e. The van der Waals surface area contributed by atoms with Crippen LogP contribution in [0.15, 0.2) is 42.5 Å². The molecule has 0 aliphatic carbocycles. The summed E-state index contributed by atoms with van der Waals surface area (Å²) in [6.07, 6.45) is 0. The van der Waals surface area contributed by atoms with Gasteiger partial charge < -0.3 is 20.5 Å². The van der Waals surface area contributed by atoms with Gasteiger partial charge in [-0.25, -0.2) is 4.79 Å². The van der Waals surface area contributed by atoms with Gasteiger partial charge in [-0.05, 0) is 18.2 Å². The van der Waals surface area contributed by atoms with E-state index in [0.29, 0.717) is 22.6 Å². The molecule has 2 aromatic carbocycles. The average Bonchev–Trinajstić information content (AvgIpc) is 2.54. The number of phenols is 1. The van der Waals surface area contributed by atoms with Crippen molar-refractivity contribution in [2.45, 2.75) is 6.54 Å². The van der Waals surface area contributed by atoms with E-state index in [0.717, 1.165) is 0 Å². The Kier molecular flexibility index (Phi) is 4.83. The number of nitrogens with zero attached hydrogens (tertiary/aromatic N) is 1. The molecule has 2 rings (SSSR count). The lowest BCUT2D eigenvalue weighted by molar-refractivity contribution is 0.251. The van der Waals surface area contributed by atoms with E-state index in [-0.39, 0.29) is 12.3 Å². The van der Waals surface area contributed by atoms with Crippen LogP contribution in [-0.2, 0) is 6.54 Å². The Bertz CT molecular complexity index is 723. The van der Waals surface area contributed by atoms with Crippen LogP contribution in [0.25, 0.3) is 0 Å². The number of hydrogen-bond acceptors (Lipinski definition) is 4. The predicted molar refractivity (Wildman–Crippen MR) is 81.7 cm³/mol. The predicted octanol–water partition coefficient (Wildman–Crippen LogP) is 2.59. The van der Waals surface area contributed by atoms with Crippen molar-refractivity contribution in [2.24, 2.45) is 0 Å². The molecule has 0 unspecified atom stereocenters. The first-order valence-corrected chi connectivity index (χ1v) is 6.54. The lowest BCUT2D eigenvalue weighted by Crippen LogP contribution is -2.28. The number of benzene rings is 2. The lowest BCUT2D eigenvalue weighted by Gasteiger charge is -2.11. The Balaban J connectivity index is 2.01. The Morgan fingerprint density at radius 2 is 2.05 bits per heavy atom. The van der Waals surface area contributed by atoms with Gasteiger partial charge in [0.25, 0.3) is 0 Å². The van der Waals surface area contributed by atoms with E-state index in [1.54, 1.807) is 42.5 Å². The molecule has 6 nitrogen and oxygen atoms in total. The van der Waals surface area contributed by atoms with Crippen LogP contribution in [0.4, 0.5) is 10.5 Å². The standard InChI is InChI=1S/C16H15N3O3/c1-22-14-8-4-6-12(15(14)20)10-18-16(21)19-13-7-3-2-5-11(13)9-17/h2-8,20H,10H2,1H3,(H2,18,19,21). The van der Waals surface area contributed by atoms with Crippen LogP contribution in [0.3, 0.4) is 0 Å². The third kappa shape index (κ3) is 3.46. The molecule has 0 bridgehead atoms. The smallest absolute Gasteiger partial charge is 0.319 e. The summed E-state index contributed by atoms with van der Waals surface area (Å²) in [6, 6.07) is 13.3. The summed E-state index contributed by atoms with van der Waals surface area (Å²) in [6.45, 7) is 0.129. The fourth-order valence-electron chi connectivity index (χ4n) is 1.91. The number of hydrogen-bond donors (Lipinski definition) is 3. The minimum absolute atomic E-state index is 0.0114. The van der Waals surface area contributed by atoms with Crippen LogP contribution >= 0.6 is 0 Å². The van der Waals surface area contributed by atoms with Gasteiger partial charge in [0.2, 0.25) is 0 Å². The molecule has 6 heteroatoms. The maximum absolute atomic E-state index is 11.9. The Morgan fingerprint density at radius 3 is 2.77 bits per heavy atom. The normalized spacial score (nSPS) is 9.64. The third-order valence-corrected chi connectivity index (χ3v) is 3.04. The number of nitriles is 1. The van der Waals surface area contributed by atoms with Gasteiger partial charge >= 0.3 is 6.03 Å². The van der Waals surface area contributed by atoms with E-state index in [2.05, 4.69) is 10.6 Å². The molecule has 0 fully saturated rings. The lowest BCUT2D eigenvalue weighted by atomic mass is 10.2. The van der Waals surface area contributed by atoms with Crippen molar-refractivity contribution < 1.29 is 14.6 Å². The van der Waals surface area contributed by atoms with Crippen molar-refractivity contribution >= 4 is 11.7 Å². The minimum atomic E-state index is -0.468. The SMILES string of the molecule is COc1cccc(CNC(=O)Nc2ccccc2C#N)c1O. The summed E-state index contributed by atoms with van der Waals surface area (Å²) in [5, 5.41) is 24.1. The van der Waals surface area contributed by atoms with Gasteiger partial charge in [0, 0.05) is 12.1 Å². The Labute approximate surface area is 128 Å². The third-order valence-electron chi connectivity index (χ3n) is 3.04. The molecule has 112 valence electrons. The van der Waals surface area contributed by atoms with Gasteiger partial charge in [-0.1, -0.05) is 24.3 Å². The highest BCUT2D eigenvalue weighted by Gasteiger charge is 2.09. The largest absolute Gasteiger partial charge is 0.504 e. The van der Waals surface area contributed by atoms with E-state index >= 15 is 0 Å². The van der Waals surface area contributed by atoms with Crippen molar-refractivity contribution in [1.82, 2.24) is 5.32 Å². The molecule has 0 heterocycles. The molecule has 0 aromatic heterocycles. The topological polar surface area (TPSA) is 94.4 Å². The van der Waals surface area contributed by atoms with Crippen molar-refractivity contribution in [1.29, 1.82) is 5.26 Å². The van der Waals surface area contributed by atoms with Crippen molar-refractivity contribution in [3.63, 3.8) is 0 Å². The summed E-state index contributed by atoms with van der Waals surface area (Å²) >= 11 is 0. The first kappa shape index (κ1) is 15.2. The van der Waals surface area contributed by atoms with Gasteiger partial charge in [-0.2, -0.15) is 5.26 Å². The minimum Gasteiger partial charge on any atom is -0.504 e. The van der Waals surface area contributed by atoms with Crippen molar-refractivity contribution in [2.75, 3.05) is 12.4 Å². The fraction of sp³-hybridized carbons (Fsp3) is 0.125. The number of amides is 2. The monoisotopic (exact) mass is 297 g/mol. The maximum atomic E-state index is 11.9. The van der Waals surface area contributed by atoms with Crippen molar-refractivity contribution in [3.05, 3.63) is 53.6 Å². The zero-order valence-corrected chi connectivity index (χ0v) is 12.0. The van der Waals surface area contributed by atoms with E-state index in [4.69, 9.17) is 10.00 Å². The number of phenolic OH excluding ortho intramolecular Hbond substituents is 1. The van der Waals surface area contributed by atoms with Crippen LogP contribution in [0.1, 0.15) is 11.1 Å². The quantitative estimate of drug-likeness (QED) is 0.808. The van der Waals surface area contributed by atoms with E-state index in [1.807, 2.05) is 6.07 Å². The number of carbonyl (C=O) groups excluding carboxylic acids is 1. The van der Waals surface area contributed by atoms with Crippen LogP contribution < -0.4 is 15.4 Å². The van der Waals surface area contributed by atoms with Crippen LogP contribution in [0.5, 0.6) is 11.5 Å². The summed E-state index contributed by atoms with van der Waals surface area (Å²) < 4.78 is 5.00. The number of methoxy groups -OCH3 is 1. The van der Waals surface area contributed by atoms with Gasteiger partial charge in [-0.3, -0.25) is 0 Å². The Hall–Kier alpha value is -3.20. The Morgan fingerprint density at radius 1 is 1.27 bits per heavy atom. The molecule has 0 radical (unpaired) electrons. The number of aromatic hydroxyl groups is 1. The molecule has 0 saturated carbocycles. The molecular weight excluding hydrogens is 282 g/mol. The van der Waals surface area contributed by atoms with Gasteiger partial charge in [0.15, 0.2) is 11.5 Å². The van der Waals surface area contributed by atoms with Crippen LogP contribution in [-0.4, -0.2) is 18.2 Å². The zero-order valence-electron chi connectivity index (χ0n) is 12.0. The summed E-state index contributed by atoms with van der Waals surface area (Å²) in [5.74, 6) is 0.331. The highest BCUT2D eigenvalue weighted by Crippen LogP contribution is 2.29. The molecule has 2 aromatic rings. The van der Waals surface area contributed by atoms with E-state index in [9.17, 15) is 9.90 Å². The summed E-state index contributed by atoms with van der Waals surface area (Å²) in [5.41, 5.74) is 1.34. The molecule has 0 spiro atoms. The molecule has 0 atom stereocenters. The van der Waals surface area contributed by atoms with Crippen LogP contribution in [0, 0.1) is 11.3 Å². The highest BCUT2D eigenvalue weighted by molar-refractivity contribution is 5.90. The molecule has 3 N–H and O–H groups in total. The molecule has 0 aliphatic rings. The number of para-hydroxylation sites is 2. The van der Waals surface area contributed by atoms with Crippen LogP contribution in [0.2, 0.25) is 0 Å². The van der Waals surface area contributed by atoms with E-state index < -0.39 is 6.03 Å². The number of carbonyl (C=O) groups is 1. The highest BCUT2D eigenvalue weighted by atomic mass is 16.5. The number of anilines is 1. The number of nitrogens with one attached hydrogen (secondary N) is 2. The molecule has 22 heavy (non-hydrogen) atoms. The molecule has 0 saturated heterocycles. The average molecular weight is 297 g/mol. The van der Waals surface area contributed by atoms with E-state index in [1.165, 1.54) is 7.11 Å². The number of rotatable bonds is 4. The molecule has 0 aliphatic heterocycles. The van der Waals surface area contributed by atoms with Crippen molar-refractivity contribution in [3.8, 4) is 17.6 Å². The van der Waals surface area contributed by atoms with Gasteiger partial charge in [-0.15, -0.1) is 0 Å². The second-order valence-corrected chi connectivity index (χ2v) is 4.43. The first-order chi connectivity index (χ1) is 10.7. The fourth-order valence-corrected chi connectivity index (χ4v) is 1.91. The first-order valence-electron chi connectivity index (χ1n) is 6.54. The number of ether oxygens (including phenoxy) is 1. The summed E-state index contributed by atoms with van der Waals surface area (Å²) in [4.78, 5) is 11.9. The number of urea groups is 1. The molecular formula is C16H15N3O3. The molecule has 2 amide bonds. The van der Waals surface area contributed by atoms with Gasteiger partial charge in [0.05, 0.1) is 18.4 Å². The zero-order chi connectivity index (χ0) is 15.9. The summed E-state index contributed by atoms with van der Waals surface area (Å²) in [7, 11) is 1.46.